The Morgan fingerprint density at radius 2 is 2.11 bits per heavy atom. The van der Waals surface area contributed by atoms with Gasteiger partial charge in [-0.05, 0) is 23.6 Å². The first-order valence-electron chi connectivity index (χ1n) is 6.28. The molecule has 1 aromatic rings. The van der Waals surface area contributed by atoms with Crippen molar-refractivity contribution >= 4 is 33.4 Å². The molecule has 0 saturated carbocycles. The summed E-state index contributed by atoms with van der Waals surface area (Å²) < 4.78 is 0. The smallest absolute Gasteiger partial charge is 0.223 e. The number of alkyl halides is 1. The molecule has 1 aliphatic heterocycles. The number of likely N-dealkylation sites (tertiary alicyclic amines) is 1. The van der Waals surface area contributed by atoms with Gasteiger partial charge in [0.25, 0.3) is 0 Å². The van der Waals surface area contributed by atoms with Gasteiger partial charge in [-0.1, -0.05) is 28.1 Å². The maximum absolute atomic E-state index is 11.8. The van der Waals surface area contributed by atoms with Gasteiger partial charge < -0.3 is 10.2 Å². The fourth-order valence-electron chi connectivity index (χ4n) is 2.23. The normalized spacial score (nSPS) is 18.7. The van der Waals surface area contributed by atoms with E-state index < -0.39 is 0 Å². The number of carbonyl (C=O) groups excluding carboxylic acids is 2. The lowest BCUT2D eigenvalue weighted by molar-refractivity contribution is -0.128. The van der Waals surface area contributed by atoms with Crippen LogP contribution in [0.1, 0.15) is 18.9 Å². The third kappa shape index (κ3) is 3.80. The molecule has 1 aromatic carbocycles. The van der Waals surface area contributed by atoms with Crippen LogP contribution in [0.15, 0.2) is 24.3 Å². The number of benzene rings is 1. The second-order valence-electron chi connectivity index (χ2n) is 4.88. The van der Waals surface area contributed by atoms with Gasteiger partial charge in [-0.25, -0.2) is 0 Å². The molecule has 2 amide bonds. The summed E-state index contributed by atoms with van der Waals surface area (Å²) in [5.74, 6) is 0.559. The molecular weight excluding hydrogens is 308 g/mol. The lowest BCUT2D eigenvalue weighted by atomic mass is 10.1. The molecule has 0 aliphatic carbocycles. The number of carbonyl (C=O) groups is 2. The zero-order valence-corrected chi connectivity index (χ0v) is 12.4. The van der Waals surface area contributed by atoms with E-state index in [4.69, 9.17) is 0 Å². The summed E-state index contributed by atoms with van der Waals surface area (Å²) in [6.07, 6.45) is 0.634. The Balaban J connectivity index is 1.96. The van der Waals surface area contributed by atoms with Crippen molar-refractivity contribution in [2.45, 2.75) is 19.9 Å². The Morgan fingerprint density at radius 1 is 1.42 bits per heavy atom. The standard InChI is InChI=1S/C14H17BrN2O2/c1-10(18)16-13-4-2-11(3-5-13)8-17-9-12(7-15)6-14(17)19/h2-5,12H,6-9H2,1H3,(H,16,18). The van der Waals surface area contributed by atoms with Crippen LogP contribution < -0.4 is 5.32 Å². The van der Waals surface area contributed by atoms with Crippen molar-refractivity contribution in [2.24, 2.45) is 5.92 Å². The number of nitrogens with zero attached hydrogens (tertiary/aromatic N) is 1. The summed E-state index contributed by atoms with van der Waals surface area (Å²) in [6, 6.07) is 7.61. The Kier molecular flexibility index (Phi) is 4.58. The highest BCUT2D eigenvalue weighted by Gasteiger charge is 2.28. The van der Waals surface area contributed by atoms with Crippen LogP contribution in [0, 0.1) is 5.92 Å². The summed E-state index contributed by atoms with van der Waals surface area (Å²) in [7, 11) is 0. The van der Waals surface area contributed by atoms with Crippen LogP contribution in [0.3, 0.4) is 0 Å². The molecule has 4 nitrogen and oxygen atoms in total. The SMILES string of the molecule is CC(=O)Nc1ccc(CN2CC(CBr)CC2=O)cc1. The lowest BCUT2D eigenvalue weighted by Gasteiger charge is -2.16. The van der Waals surface area contributed by atoms with E-state index in [9.17, 15) is 9.59 Å². The molecule has 1 aliphatic rings. The van der Waals surface area contributed by atoms with Crippen molar-refractivity contribution in [1.29, 1.82) is 0 Å². The van der Waals surface area contributed by atoms with Crippen LogP contribution in [-0.2, 0) is 16.1 Å². The molecule has 2 rings (SSSR count). The molecule has 0 aromatic heterocycles. The molecule has 1 heterocycles. The topological polar surface area (TPSA) is 49.4 Å². The molecule has 1 fully saturated rings. The van der Waals surface area contributed by atoms with Crippen molar-refractivity contribution in [3.05, 3.63) is 29.8 Å². The van der Waals surface area contributed by atoms with Gasteiger partial charge in [-0.2, -0.15) is 0 Å². The Bertz CT molecular complexity index is 473. The molecule has 1 N–H and O–H groups in total. The monoisotopic (exact) mass is 324 g/mol. The van der Waals surface area contributed by atoms with E-state index >= 15 is 0 Å². The summed E-state index contributed by atoms with van der Waals surface area (Å²) in [5, 5.41) is 3.60. The zero-order chi connectivity index (χ0) is 13.8. The molecule has 1 atom stereocenters. The second-order valence-corrected chi connectivity index (χ2v) is 5.52. The van der Waals surface area contributed by atoms with Crippen LogP contribution in [-0.4, -0.2) is 28.6 Å². The molecule has 0 radical (unpaired) electrons. The maximum Gasteiger partial charge on any atom is 0.223 e. The molecule has 102 valence electrons. The summed E-state index contributed by atoms with van der Waals surface area (Å²) in [5.41, 5.74) is 1.86. The lowest BCUT2D eigenvalue weighted by Crippen LogP contribution is -2.24. The first-order valence-corrected chi connectivity index (χ1v) is 7.41. The Hall–Kier alpha value is -1.36. The largest absolute Gasteiger partial charge is 0.338 e. The number of hydrogen-bond donors (Lipinski definition) is 1. The minimum atomic E-state index is -0.0809. The summed E-state index contributed by atoms with van der Waals surface area (Å²) >= 11 is 3.43. The second kappa shape index (κ2) is 6.19. The fourth-order valence-corrected chi connectivity index (χ4v) is 2.66. The molecule has 19 heavy (non-hydrogen) atoms. The van der Waals surface area contributed by atoms with Crippen molar-refractivity contribution in [1.82, 2.24) is 4.90 Å². The number of rotatable bonds is 4. The Morgan fingerprint density at radius 3 is 2.63 bits per heavy atom. The van der Waals surface area contributed by atoms with Gasteiger partial charge in [0.05, 0.1) is 0 Å². The number of amides is 2. The fraction of sp³-hybridized carbons (Fsp3) is 0.429. The summed E-state index contributed by atoms with van der Waals surface area (Å²) in [6.45, 7) is 2.94. The van der Waals surface area contributed by atoms with Crippen molar-refractivity contribution in [3.63, 3.8) is 0 Å². The predicted molar refractivity (Wildman–Crippen MR) is 78.1 cm³/mol. The van der Waals surface area contributed by atoms with Crippen LogP contribution >= 0.6 is 15.9 Å². The summed E-state index contributed by atoms with van der Waals surface area (Å²) in [4.78, 5) is 24.6. The average molecular weight is 325 g/mol. The van der Waals surface area contributed by atoms with E-state index in [0.717, 1.165) is 23.1 Å². The minimum Gasteiger partial charge on any atom is -0.338 e. The van der Waals surface area contributed by atoms with Crippen LogP contribution in [0.5, 0.6) is 0 Å². The highest BCUT2D eigenvalue weighted by molar-refractivity contribution is 9.09. The number of halogens is 1. The molecule has 1 unspecified atom stereocenters. The van der Waals surface area contributed by atoms with E-state index in [1.54, 1.807) is 0 Å². The molecule has 0 bridgehead atoms. The molecule has 0 spiro atoms. The third-order valence-electron chi connectivity index (χ3n) is 3.16. The van der Waals surface area contributed by atoms with Crippen LogP contribution in [0.2, 0.25) is 0 Å². The predicted octanol–water partition coefficient (Wildman–Crippen LogP) is 2.39. The van der Waals surface area contributed by atoms with E-state index in [1.807, 2.05) is 29.2 Å². The molecular formula is C14H17BrN2O2. The van der Waals surface area contributed by atoms with Gasteiger partial charge in [0, 0.05) is 37.5 Å². The van der Waals surface area contributed by atoms with E-state index in [0.29, 0.717) is 18.9 Å². The van der Waals surface area contributed by atoms with Gasteiger partial charge in [-0.3, -0.25) is 9.59 Å². The zero-order valence-electron chi connectivity index (χ0n) is 10.9. The van der Waals surface area contributed by atoms with Crippen LogP contribution in [0.25, 0.3) is 0 Å². The highest BCUT2D eigenvalue weighted by atomic mass is 79.9. The van der Waals surface area contributed by atoms with Gasteiger partial charge in [0.1, 0.15) is 0 Å². The van der Waals surface area contributed by atoms with Crippen molar-refractivity contribution in [2.75, 3.05) is 17.2 Å². The van der Waals surface area contributed by atoms with Gasteiger partial charge in [-0.15, -0.1) is 0 Å². The average Bonchev–Trinajstić information content (AvgIpc) is 2.72. The first-order chi connectivity index (χ1) is 9.08. The van der Waals surface area contributed by atoms with Crippen LogP contribution in [0.4, 0.5) is 5.69 Å². The van der Waals surface area contributed by atoms with Crippen molar-refractivity contribution in [3.8, 4) is 0 Å². The first kappa shape index (κ1) is 14.1. The molecule has 5 heteroatoms. The minimum absolute atomic E-state index is 0.0809. The van der Waals surface area contributed by atoms with E-state index in [-0.39, 0.29) is 11.8 Å². The number of anilines is 1. The van der Waals surface area contributed by atoms with Gasteiger partial charge >= 0.3 is 0 Å². The maximum atomic E-state index is 11.8. The van der Waals surface area contributed by atoms with Crippen molar-refractivity contribution < 1.29 is 9.59 Å². The quantitative estimate of drug-likeness (QED) is 0.864. The van der Waals surface area contributed by atoms with E-state index in [2.05, 4.69) is 21.2 Å². The molecule has 1 saturated heterocycles. The number of nitrogens with one attached hydrogen (secondary N) is 1. The van der Waals surface area contributed by atoms with Gasteiger partial charge in [0.2, 0.25) is 11.8 Å². The number of hydrogen-bond acceptors (Lipinski definition) is 2. The van der Waals surface area contributed by atoms with E-state index in [1.165, 1.54) is 6.92 Å². The highest BCUT2D eigenvalue weighted by Crippen LogP contribution is 2.22. The Labute approximate surface area is 121 Å². The third-order valence-corrected chi connectivity index (χ3v) is 4.08. The van der Waals surface area contributed by atoms with Gasteiger partial charge in [0.15, 0.2) is 0 Å².